The number of esters is 1. The smallest absolute Gasteiger partial charge is 0.310 e. The van der Waals surface area contributed by atoms with Crippen LogP contribution in [0.25, 0.3) is 0 Å². The SMILES string of the molecule is CCS(=O)(=O)Nc1nc(C)c(CC(=O)OC)s1. The van der Waals surface area contributed by atoms with E-state index >= 15 is 0 Å². The molecule has 0 aliphatic rings. The summed E-state index contributed by atoms with van der Waals surface area (Å²) in [6, 6.07) is 0. The van der Waals surface area contributed by atoms with E-state index in [4.69, 9.17) is 0 Å². The molecule has 0 spiro atoms. The number of rotatable bonds is 5. The van der Waals surface area contributed by atoms with E-state index in [-0.39, 0.29) is 23.3 Å². The number of thiazole rings is 1. The minimum atomic E-state index is -3.33. The van der Waals surface area contributed by atoms with Crippen LogP contribution in [0.1, 0.15) is 17.5 Å². The molecule has 0 radical (unpaired) electrons. The van der Waals surface area contributed by atoms with Crippen molar-refractivity contribution < 1.29 is 17.9 Å². The Morgan fingerprint density at radius 1 is 1.53 bits per heavy atom. The van der Waals surface area contributed by atoms with Crippen LogP contribution in [0, 0.1) is 6.92 Å². The Bertz CT molecular complexity index is 507. The lowest BCUT2D eigenvalue weighted by Gasteiger charge is -1.99. The Hall–Kier alpha value is -1.15. The highest BCUT2D eigenvalue weighted by molar-refractivity contribution is 7.92. The molecule has 1 heterocycles. The highest BCUT2D eigenvalue weighted by Gasteiger charge is 2.15. The third kappa shape index (κ3) is 3.97. The molecule has 0 saturated heterocycles. The van der Waals surface area contributed by atoms with Crippen molar-refractivity contribution in [3.63, 3.8) is 0 Å². The number of carbonyl (C=O) groups excluding carboxylic acids is 1. The topological polar surface area (TPSA) is 85.4 Å². The number of methoxy groups -OCH3 is 1. The first-order chi connectivity index (χ1) is 7.88. The second kappa shape index (κ2) is 5.46. The molecule has 0 aliphatic heterocycles. The first-order valence-corrected chi connectivity index (χ1v) is 7.38. The van der Waals surface area contributed by atoms with Crippen LogP contribution in [0.3, 0.4) is 0 Å². The van der Waals surface area contributed by atoms with Gasteiger partial charge in [0.2, 0.25) is 10.0 Å². The monoisotopic (exact) mass is 278 g/mol. The number of aromatic nitrogens is 1. The van der Waals surface area contributed by atoms with E-state index in [9.17, 15) is 13.2 Å². The summed E-state index contributed by atoms with van der Waals surface area (Å²) in [5, 5.41) is 0.281. The first-order valence-electron chi connectivity index (χ1n) is 4.91. The van der Waals surface area contributed by atoms with Gasteiger partial charge in [0.25, 0.3) is 0 Å². The Kier molecular flexibility index (Phi) is 4.47. The molecule has 17 heavy (non-hydrogen) atoms. The first kappa shape index (κ1) is 13.9. The van der Waals surface area contributed by atoms with Crippen molar-refractivity contribution in [1.29, 1.82) is 0 Å². The predicted molar refractivity (Wildman–Crippen MR) is 65.7 cm³/mol. The van der Waals surface area contributed by atoms with E-state index in [2.05, 4.69) is 14.4 Å². The van der Waals surface area contributed by atoms with Gasteiger partial charge in [0.15, 0.2) is 5.13 Å². The van der Waals surface area contributed by atoms with E-state index in [1.807, 2.05) is 0 Å². The number of ether oxygens (including phenoxy) is 1. The van der Waals surface area contributed by atoms with Gasteiger partial charge in [-0.3, -0.25) is 9.52 Å². The number of carbonyl (C=O) groups is 1. The van der Waals surface area contributed by atoms with Gasteiger partial charge in [-0.1, -0.05) is 0 Å². The van der Waals surface area contributed by atoms with Gasteiger partial charge in [-0.2, -0.15) is 0 Å². The van der Waals surface area contributed by atoms with Crippen LogP contribution in [0.5, 0.6) is 0 Å². The molecule has 0 atom stereocenters. The quantitative estimate of drug-likeness (QED) is 0.810. The normalized spacial score (nSPS) is 11.2. The highest BCUT2D eigenvalue weighted by atomic mass is 32.2. The summed E-state index contributed by atoms with van der Waals surface area (Å²) in [5.41, 5.74) is 0.634. The molecule has 0 bridgehead atoms. The average Bonchev–Trinajstić information content (AvgIpc) is 2.58. The molecule has 0 aromatic carbocycles. The lowest BCUT2D eigenvalue weighted by Crippen LogP contribution is -2.14. The van der Waals surface area contributed by atoms with E-state index in [1.54, 1.807) is 6.92 Å². The predicted octanol–water partition coefficient (Wildman–Crippen LogP) is 0.929. The summed E-state index contributed by atoms with van der Waals surface area (Å²) >= 11 is 1.14. The summed E-state index contributed by atoms with van der Waals surface area (Å²) < 4.78 is 29.6. The van der Waals surface area contributed by atoms with Gasteiger partial charge in [-0.15, -0.1) is 11.3 Å². The minimum Gasteiger partial charge on any atom is -0.469 e. The Balaban J connectivity index is 2.85. The zero-order chi connectivity index (χ0) is 13.1. The molecule has 0 aliphatic carbocycles. The second-order valence-corrected chi connectivity index (χ2v) is 6.38. The minimum absolute atomic E-state index is 0.0159. The molecular formula is C9H14N2O4S2. The van der Waals surface area contributed by atoms with Gasteiger partial charge in [0.1, 0.15) is 0 Å². The van der Waals surface area contributed by atoms with Gasteiger partial charge < -0.3 is 4.74 Å². The molecule has 6 nitrogen and oxygen atoms in total. The number of nitrogens with one attached hydrogen (secondary N) is 1. The van der Waals surface area contributed by atoms with Gasteiger partial charge in [0.05, 0.1) is 25.0 Å². The molecule has 0 unspecified atom stereocenters. The van der Waals surface area contributed by atoms with E-state index in [0.717, 1.165) is 11.3 Å². The standard InChI is InChI=1S/C9H14N2O4S2/c1-4-17(13,14)11-9-10-6(2)7(16-9)5-8(12)15-3/h4-5H2,1-3H3,(H,10,11). The van der Waals surface area contributed by atoms with Crippen molar-refractivity contribution >= 4 is 32.5 Å². The molecule has 0 amide bonds. The maximum atomic E-state index is 11.3. The zero-order valence-electron chi connectivity index (χ0n) is 9.81. The Labute approximate surface area is 104 Å². The number of sulfonamides is 1. The lowest BCUT2D eigenvalue weighted by atomic mass is 10.3. The van der Waals surface area contributed by atoms with Crippen LogP contribution in [-0.2, 0) is 26.0 Å². The lowest BCUT2D eigenvalue weighted by molar-refractivity contribution is -0.139. The van der Waals surface area contributed by atoms with Gasteiger partial charge in [-0.05, 0) is 13.8 Å². The van der Waals surface area contributed by atoms with Crippen LogP contribution in [0.15, 0.2) is 0 Å². The summed E-state index contributed by atoms with van der Waals surface area (Å²) in [5.74, 6) is -0.389. The molecule has 0 saturated carbocycles. The molecule has 96 valence electrons. The van der Waals surface area contributed by atoms with Crippen molar-refractivity contribution in [2.24, 2.45) is 0 Å². The van der Waals surface area contributed by atoms with Crippen LogP contribution in [0.4, 0.5) is 5.13 Å². The largest absolute Gasteiger partial charge is 0.469 e. The maximum Gasteiger partial charge on any atom is 0.310 e. The van der Waals surface area contributed by atoms with E-state index in [0.29, 0.717) is 10.6 Å². The fourth-order valence-electron chi connectivity index (χ4n) is 1.04. The summed E-state index contributed by atoms with van der Waals surface area (Å²) in [6.45, 7) is 3.26. The molecule has 1 rings (SSSR count). The molecule has 1 N–H and O–H groups in total. The fourth-order valence-corrected chi connectivity index (χ4v) is 2.85. The van der Waals surface area contributed by atoms with Crippen LogP contribution in [-0.4, -0.2) is 32.2 Å². The van der Waals surface area contributed by atoms with Gasteiger partial charge in [-0.25, -0.2) is 13.4 Å². The van der Waals surface area contributed by atoms with Crippen molar-refractivity contribution in [2.45, 2.75) is 20.3 Å². The van der Waals surface area contributed by atoms with Crippen molar-refractivity contribution in [1.82, 2.24) is 4.98 Å². The zero-order valence-corrected chi connectivity index (χ0v) is 11.4. The molecule has 8 heteroatoms. The van der Waals surface area contributed by atoms with Gasteiger partial charge in [0, 0.05) is 4.88 Å². The van der Waals surface area contributed by atoms with Crippen LogP contribution >= 0.6 is 11.3 Å². The van der Waals surface area contributed by atoms with Crippen molar-refractivity contribution in [3.05, 3.63) is 10.6 Å². The van der Waals surface area contributed by atoms with Crippen LogP contribution < -0.4 is 4.72 Å². The third-order valence-electron chi connectivity index (χ3n) is 2.05. The summed E-state index contributed by atoms with van der Waals surface area (Å²) in [7, 11) is -2.02. The number of anilines is 1. The Morgan fingerprint density at radius 2 is 2.18 bits per heavy atom. The molecule has 1 aromatic rings. The number of aryl methyl sites for hydroxylation is 1. The summed E-state index contributed by atoms with van der Waals surface area (Å²) in [6.07, 6.45) is 0.105. The fraction of sp³-hybridized carbons (Fsp3) is 0.556. The van der Waals surface area contributed by atoms with Gasteiger partial charge >= 0.3 is 5.97 Å². The Morgan fingerprint density at radius 3 is 2.71 bits per heavy atom. The summed E-state index contributed by atoms with van der Waals surface area (Å²) in [4.78, 5) is 15.9. The molecule has 0 fully saturated rings. The van der Waals surface area contributed by atoms with Crippen molar-refractivity contribution in [3.8, 4) is 0 Å². The molecular weight excluding hydrogens is 264 g/mol. The maximum absolute atomic E-state index is 11.3. The second-order valence-electron chi connectivity index (χ2n) is 3.29. The molecule has 1 aromatic heterocycles. The van der Waals surface area contributed by atoms with Crippen molar-refractivity contribution in [2.75, 3.05) is 17.6 Å². The average molecular weight is 278 g/mol. The number of nitrogens with zero attached hydrogens (tertiary/aromatic N) is 1. The number of hydrogen-bond acceptors (Lipinski definition) is 6. The van der Waals surface area contributed by atoms with E-state index < -0.39 is 10.0 Å². The third-order valence-corrected chi connectivity index (χ3v) is 4.51. The highest BCUT2D eigenvalue weighted by Crippen LogP contribution is 2.24. The van der Waals surface area contributed by atoms with Crippen LogP contribution in [0.2, 0.25) is 0 Å². The number of hydrogen-bond donors (Lipinski definition) is 1. The van der Waals surface area contributed by atoms with E-state index in [1.165, 1.54) is 14.0 Å².